The lowest BCUT2D eigenvalue weighted by atomic mass is 9.73. The molecule has 3 unspecified atom stereocenters. The number of methoxy groups -OCH3 is 1. The predicted octanol–water partition coefficient (Wildman–Crippen LogP) is 1.88. The normalized spacial score (nSPS) is 21.8. The standard InChI is InChI=1S/C15H17F2NO4/c1-22-7-13(8-2-5-11(16)12(17)6-8)18-14(19)9-3-4-10(9)15(20)21/h2,5-6,9-10,13H,3-4,7H2,1H3,(H,18,19)(H,20,21). The van der Waals surface area contributed by atoms with E-state index in [1.807, 2.05) is 0 Å². The second-order valence-electron chi connectivity index (χ2n) is 5.32. The first kappa shape index (κ1) is 16.4. The van der Waals surface area contributed by atoms with Crippen LogP contribution in [0.2, 0.25) is 0 Å². The number of carbonyl (C=O) groups excluding carboxylic acids is 1. The van der Waals surface area contributed by atoms with Gasteiger partial charge >= 0.3 is 5.97 Å². The maximum Gasteiger partial charge on any atom is 0.307 e. The molecule has 1 aromatic rings. The van der Waals surface area contributed by atoms with Crippen molar-refractivity contribution in [3.05, 3.63) is 35.4 Å². The van der Waals surface area contributed by atoms with Gasteiger partial charge in [0.2, 0.25) is 5.91 Å². The topological polar surface area (TPSA) is 75.6 Å². The van der Waals surface area contributed by atoms with Crippen molar-refractivity contribution in [3.8, 4) is 0 Å². The largest absolute Gasteiger partial charge is 0.481 e. The molecule has 3 atom stereocenters. The summed E-state index contributed by atoms with van der Waals surface area (Å²) < 4.78 is 31.3. The highest BCUT2D eigenvalue weighted by atomic mass is 19.2. The minimum Gasteiger partial charge on any atom is -0.481 e. The summed E-state index contributed by atoms with van der Waals surface area (Å²) >= 11 is 0. The van der Waals surface area contributed by atoms with Crippen LogP contribution in [0.25, 0.3) is 0 Å². The number of carbonyl (C=O) groups is 2. The van der Waals surface area contributed by atoms with Crippen LogP contribution in [0.3, 0.4) is 0 Å². The lowest BCUT2D eigenvalue weighted by Gasteiger charge is -2.33. The number of amides is 1. The van der Waals surface area contributed by atoms with Crippen LogP contribution in [0.5, 0.6) is 0 Å². The molecule has 5 nitrogen and oxygen atoms in total. The fourth-order valence-electron chi connectivity index (χ4n) is 2.51. The van der Waals surface area contributed by atoms with Gasteiger partial charge in [-0.3, -0.25) is 9.59 Å². The quantitative estimate of drug-likeness (QED) is 0.841. The van der Waals surface area contributed by atoms with Crippen molar-refractivity contribution >= 4 is 11.9 Å². The van der Waals surface area contributed by atoms with Crippen LogP contribution in [-0.2, 0) is 14.3 Å². The zero-order valence-corrected chi connectivity index (χ0v) is 12.0. The van der Waals surface area contributed by atoms with Gasteiger partial charge in [0.1, 0.15) is 0 Å². The van der Waals surface area contributed by atoms with Crippen LogP contribution in [0, 0.1) is 23.5 Å². The molecule has 0 aliphatic heterocycles. The average Bonchev–Trinajstić information content (AvgIpc) is 2.39. The molecule has 0 radical (unpaired) electrons. The van der Waals surface area contributed by atoms with Gasteiger partial charge in [0, 0.05) is 7.11 Å². The summed E-state index contributed by atoms with van der Waals surface area (Å²) in [5.74, 6) is -4.68. The van der Waals surface area contributed by atoms with Crippen LogP contribution in [0.4, 0.5) is 8.78 Å². The molecule has 0 aromatic heterocycles. The van der Waals surface area contributed by atoms with Crippen molar-refractivity contribution in [1.29, 1.82) is 0 Å². The van der Waals surface area contributed by atoms with Gasteiger partial charge < -0.3 is 15.2 Å². The molecule has 0 spiro atoms. The number of aliphatic carboxylic acids is 1. The van der Waals surface area contributed by atoms with E-state index in [1.165, 1.54) is 13.2 Å². The summed E-state index contributed by atoms with van der Waals surface area (Å²) in [5, 5.41) is 11.6. The van der Waals surface area contributed by atoms with Gasteiger partial charge in [0.05, 0.1) is 24.5 Å². The van der Waals surface area contributed by atoms with E-state index in [2.05, 4.69) is 5.32 Å². The number of benzene rings is 1. The van der Waals surface area contributed by atoms with Gasteiger partial charge in [-0.05, 0) is 30.5 Å². The second kappa shape index (κ2) is 6.83. The third kappa shape index (κ3) is 3.41. The summed E-state index contributed by atoms with van der Waals surface area (Å²) in [7, 11) is 1.42. The zero-order valence-electron chi connectivity index (χ0n) is 12.0. The van der Waals surface area contributed by atoms with E-state index >= 15 is 0 Å². The smallest absolute Gasteiger partial charge is 0.307 e. The third-order valence-corrected chi connectivity index (χ3v) is 3.92. The van der Waals surface area contributed by atoms with Gasteiger partial charge in [-0.25, -0.2) is 8.78 Å². The highest BCUT2D eigenvalue weighted by Crippen LogP contribution is 2.35. The molecule has 1 aliphatic carbocycles. The minimum absolute atomic E-state index is 0.0707. The first-order valence-corrected chi connectivity index (χ1v) is 6.91. The van der Waals surface area contributed by atoms with E-state index in [9.17, 15) is 18.4 Å². The molecule has 2 N–H and O–H groups in total. The summed E-state index contributed by atoms with van der Waals surface area (Å²) in [6, 6.07) is 2.66. The van der Waals surface area contributed by atoms with Gasteiger partial charge in [0.25, 0.3) is 0 Å². The second-order valence-corrected chi connectivity index (χ2v) is 5.32. The van der Waals surface area contributed by atoms with Gasteiger partial charge in [0.15, 0.2) is 11.6 Å². The van der Waals surface area contributed by atoms with Crippen LogP contribution in [-0.4, -0.2) is 30.7 Å². The minimum atomic E-state index is -1.01. The van der Waals surface area contributed by atoms with Crippen molar-refractivity contribution in [3.63, 3.8) is 0 Å². The molecule has 1 amide bonds. The Bertz CT molecular complexity index is 579. The van der Waals surface area contributed by atoms with E-state index in [1.54, 1.807) is 0 Å². The highest BCUT2D eigenvalue weighted by Gasteiger charge is 2.41. The molecule has 1 aromatic carbocycles. The SMILES string of the molecule is COCC(NC(=O)C1CCC1C(=O)O)c1ccc(F)c(F)c1. The Labute approximate surface area is 126 Å². The van der Waals surface area contributed by atoms with Crippen molar-refractivity contribution in [2.45, 2.75) is 18.9 Å². The molecule has 120 valence electrons. The number of hydrogen-bond donors (Lipinski definition) is 2. The lowest BCUT2D eigenvalue weighted by molar-refractivity contribution is -0.153. The summed E-state index contributed by atoms with van der Waals surface area (Å²) in [6.07, 6.45) is 0.966. The molecular formula is C15H17F2NO4. The molecular weight excluding hydrogens is 296 g/mol. The fourth-order valence-corrected chi connectivity index (χ4v) is 2.51. The van der Waals surface area contributed by atoms with Gasteiger partial charge in [-0.1, -0.05) is 6.07 Å². The maximum atomic E-state index is 13.3. The van der Waals surface area contributed by atoms with E-state index < -0.39 is 41.4 Å². The molecule has 1 aliphatic rings. The number of rotatable bonds is 6. The predicted molar refractivity (Wildman–Crippen MR) is 73.0 cm³/mol. The Kier molecular flexibility index (Phi) is 5.07. The first-order chi connectivity index (χ1) is 10.4. The Morgan fingerprint density at radius 3 is 2.50 bits per heavy atom. The fraction of sp³-hybridized carbons (Fsp3) is 0.467. The number of hydrogen-bond acceptors (Lipinski definition) is 3. The first-order valence-electron chi connectivity index (χ1n) is 6.91. The Hall–Kier alpha value is -2.02. The molecule has 0 saturated heterocycles. The van der Waals surface area contributed by atoms with E-state index in [-0.39, 0.29) is 6.61 Å². The number of halogens is 2. The Morgan fingerprint density at radius 1 is 1.32 bits per heavy atom. The van der Waals surface area contributed by atoms with E-state index in [4.69, 9.17) is 9.84 Å². The molecule has 22 heavy (non-hydrogen) atoms. The molecule has 7 heteroatoms. The van der Waals surface area contributed by atoms with E-state index in [0.29, 0.717) is 18.4 Å². The number of carboxylic acids is 1. The number of ether oxygens (including phenoxy) is 1. The molecule has 0 bridgehead atoms. The summed E-state index contributed by atoms with van der Waals surface area (Å²) in [4.78, 5) is 23.1. The van der Waals surface area contributed by atoms with Crippen molar-refractivity contribution in [1.82, 2.24) is 5.32 Å². The van der Waals surface area contributed by atoms with Crippen molar-refractivity contribution in [2.24, 2.45) is 11.8 Å². The van der Waals surface area contributed by atoms with Gasteiger partial charge in [-0.15, -0.1) is 0 Å². The van der Waals surface area contributed by atoms with E-state index in [0.717, 1.165) is 12.1 Å². The molecule has 0 heterocycles. The van der Waals surface area contributed by atoms with Crippen LogP contribution < -0.4 is 5.32 Å². The Balaban J connectivity index is 2.10. The zero-order chi connectivity index (χ0) is 16.3. The number of nitrogens with one attached hydrogen (secondary N) is 1. The van der Waals surface area contributed by atoms with Crippen molar-refractivity contribution in [2.75, 3.05) is 13.7 Å². The maximum absolute atomic E-state index is 13.3. The lowest BCUT2D eigenvalue weighted by Crippen LogP contribution is -2.45. The molecule has 1 fully saturated rings. The van der Waals surface area contributed by atoms with Crippen molar-refractivity contribution < 1.29 is 28.2 Å². The van der Waals surface area contributed by atoms with Crippen LogP contribution in [0.1, 0.15) is 24.4 Å². The van der Waals surface area contributed by atoms with Crippen LogP contribution in [0.15, 0.2) is 18.2 Å². The third-order valence-electron chi connectivity index (χ3n) is 3.92. The Morgan fingerprint density at radius 2 is 2.00 bits per heavy atom. The average molecular weight is 313 g/mol. The van der Waals surface area contributed by atoms with Gasteiger partial charge in [-0.2, -0.15) is 0 Å². The van der Waals surface area contributed by atoms with Crippen LogP contribution >= 0.6 is 0 Å². The monoisotopic (exact) mass is 313 g/mol. The summed E-state index contributed by atoms with van der Waals surface area (Å²) in [5.41, 5.74) is 0.361. The molecule has 1 saturated carbocycles. The number of carboxylic acid groups (broad SMARTS) is 1. The summed E-state index contributed by atoms with van der Waals surface area (Å²) in [6.45, 7) is 0.0707. The highest BCUT2D eigenvalue weighted by molar-refractivity contribution is 5.86. The molecule has 2 rings (SSSR count).